The van der Waals surface area contributed by atoms with Crippen molar-refractivity contribution < 1.29 is 9.18 Å². The van der Waals surface area contributed by atoms with Crippen molar-refractivity contribution in [1.82, 2.24) is 0 Å². The first-order valence-electron chi connectivity index (χ1n) is 8.31. The van der Waals surface area contributed by atoms with Crippen LogP contribution in [0.1, 0.15) is 34.4 Å². The molecular weight excluding hydrogens is 337 g/mol. The molecule has 2 aromatic rings. The number of amides is 1. The average Bonchev–Trinajstić information content (AvgIpc) is 2.94. The van der Waals surface area contributed by atoms with Crippen molar-refractivity contribution in [3.8, 4) is 6.07 Å². The van der Waals surface area contributed by atoms with Crippen LogP contribution in [0.25, 0.3) is 0 Å². The summed E-state index contributed by atoms with van der Waals surface area (Å²) in [5.74, 6) is -0.466. The molecule has 1 aromatic carbocycles. The SMILES string of the molecule is N#CCN1C(=O)CN=C(c2ccc(F)cc2)c2c1sc1c2CCCC1. The smallest absolute Gasteiger partial charge is 0.250 e. The van der Waals surface area contributed by atoms with E-state index in [0.29, 0.717) is 0 Å². The van der Waals surface area contributed by atoms with Gasteiger partial charge < -0.3 is 0 Å². The van der Waals surface area contributed by atoms with Gasteiger partial charge in [0.2, 0.25) is 5.91 Å². The molecule has 126 valence electrons. The third-order valence-electron chi connectivity index (χ3n) is 4.65. The minimum absolute atomic E-state index is 0.00453. The van der Waals surface area contributed by atoms with E-state index in [9.17, 15) is 9.18 Å². The van der Waals surface area contributed by atoms with Crippen LogP contribution in [0.3, 0.4) is 0 Å². The minimum atomic E-state index is -0.298. The number of rotatable bonds is 2. The van der Waals surface area contributed by atoms with Crippen LogP contribution in [0.5, 0.6) is 0 Å². The number of fused-ring (bicyclic) bond motifs is 3. The van der Waals surface area contributed by atoms with Crippen LogP contribution in [0, 0.1) is 17.1 Å². The summed E-state index contributed by atoms with van der Waals surface area (Å²) >= 11 is 1.60. The molecule has 0 radical (unpaired) electrons. The second kappa shape index (κ2) is 6.41. The number of nitrogens with zero attached hydrogens (tertiary/aromatic N) is 3. The fourth-order valence-corrected chi connectivity index (χ4v) is 4.89. The molecule has 2 heterocycles. The lowest BCUT2D eigenvalue weighted by Crippen LogP contribution is -2.32. The normalized spacial score (nSPS) is 16.6. The van der Waals surface area contributed by atoms with E-state index >= 15 is 0 Å². The number of hydrogen-bond acceptors (Lipinski definition) is 4. The summed E-state index contributed by atoms with van der Waals surface area (Å²) in [7, 11) is 0. The van der Waals surface area contributed by atoms with E-state index in [0.717, 1.165) is 47.5 Å². The van der Waals surface area contributed by atoms with Gasteiger partial charge in [-0.2, -0.15) is 5.26 Å². The highest BCUT2D eigenvalue weighted by atomic mass is 32.1. The Labute approximate surface area is 149 Å². The molecule has 1 amide bonds. The number of halogens is 1. The Bertz CT molecular complexity index is 908. The summed E-state index contributed by atoms with van der Waals surface area (Å²) in [4.78, 5) is 19.9. The molecule has 1 aliphatic carbocycles. The Kier molecular flexibility index (Phi) is 4.10. The molecule has 0 spiro atoms. The maximum atomic E-state index is 13.3. The number of aryl methyl sites for hydroxylation is 1. The maximum absolute atomic E-state index is 13.3. The number of carbonyl (C=O) groups excluding carboxylic acids is 1. The molecule has 2 aliphatic rings. The van der Waals surface area contributed by atoms with E-state index in [4.69, 9.17) is 5.26 Å². The van der Waals surface area contributed by atoms with Crippen molar-refractivity contribution in [2.24, 2.45) is 4.99 Å². The van der Waals surface area contributed by atoms with Gasteiger partial charge in [0.1, 0.15) is 23.9 Å². The Morgan fingerprint density at radius 1 is 1.24 bits per heavy atom. The van der Waals surface area contributed by atoms with Gasteiger partial charge in [-0.05, 0) is 55.5 Å². The summed E-state index contributed by atoms with van der Waals surface area (Å²) in [5.41, 5.74) is 3.75. The van der Waals surface area contributed by atoms with Crippen LogP contribution in [0.2, 0.25) is 0 Å². The zero-order valence-electron chi connectivity index (χ0n) is 13.6. The van der Waals surface area contributed by atoms with Gasteiger partial charge in [0.05, 0.1) is 11.8 Å². The molecule has 0 N–H and O–H groups in total. The summed E-state index contributed by atoms with van der Waals surface area (Å²) in [6.07, 6.45) is 4.20. The molecule has 0 unspecified atom stereocenters. The Morgan fingerprint density at radius 2 is 2.00 bits per heavy atom. The van der Waals surface area contributed by atoms with Crippen molar-refractivity contribution in [3.63, 3.8) is 0 Å². The second-order valence-corrected chi connectivity index (χ2v) is 7.28. The first kappa shape index (κ1) is 16.0. The van der Waals surface area contributed by atoms with E-state index < -0.39 is 0 Å². The lowest BCUT2D eigenvalue weighted by atomic mass is 9.91. The highest BCUT2D eigenvalue weighted by Crippen LogP contribution is 2.42. The van der Waals surface area contributed by atoms with Gasteiger partial charge in [-0.3, -0.25) is 14.7 Å². The summed E-state index contributed by atoms with van der Waals surface area (Å²) < 4.78 is 13.3. The van der Waals surface area contributed by atoms with Gasteiger partial charge in [0, 0.05) is 16.0 Å². The van der Waals surface area contributed by atoms with E-state index in [1.807, 2.05) is 0 Å². The van der Waals surface area contributed by atoms with Crippen molar-refractivity contribution in [1.29, 1.82) is 5.26 Å². The highest BCUT2D eigenvalue weighted by molar-refractivity contribution is 7.17. The predicted molar refractivity (Wildman–Crippen MR) is 95.8 cm³/mol. The molecular formula is C19H16FN3OS. The van der Waals surface area contributed by atoms with E-state index in [-0.39, 0.29) is 24.8 Å². The highest BCUT2D eigenvalue weighted by Gasteiger charge is 2.32. The van der Waals surface area contributed by atoms with Crippen LogP contribution in [-0.2, 0) is 17.6 Å². The Hall–Kier alpha value is -2.52. The van der Waals surface area contributed by atoms with Crippen molar-refractivity contribution >= 4 is 28.0 Å². The quantitative estimate of drug-likeness (QED) is 0.776. The van der Waals surface area contributed by atoms with E-state index in [2.05, 4.69) is 11.1 Å². The molecule has 0 fully saturated rings. The van der Waals surface area contributed by atoms with Gasteiger partial charge in [-0.25, -0.2) is 4.39 Å². The van der Waals surface area contributed by atoms with Crippen LogP contribution >= 0.6 is 11.3 Å². The number of anilines is 1. The number of nitriles is 1. The number of benzene rings is 1. The molecule has 4 rings (SSSR count). The van der Waals surface area contributed by atoms with Crippen molar-refractivity contribution in [3.05, 3.63) is 51.7 Å². The number of thiophene rings is 1. The first-order chi connectivity index (χ1) is 12.2. The lowest BCUT2D eigenvalue weighted by molar-refractivity contribution is -0.117. The van der Waals surface area contributed by atoms with Crippen molar-refractivity contribution in [2.75, 3.05) is 18.0 Å². The van der Waals surface area contributed by atoms with Crippen LogP contribution < -0.4 is 4.90 Å². The summed E-state index contributed by atoms with van der Waals surface area (Å²) in [5, 5.41) is 9.97. The van der Waals surface area contributed by atoms with Gasteiger partial charge in [0.15, 0.2) is 0 Å². The minimum Gasteiger partial charge on any atom is -0.288 e. The van der Waals surface area contributed by atoms with Gasteiger partial charge in [0.25, 0.3) is 0 Å². The molecule has 25 heavy (non-hydrogen) atoms. The molecule has 0 saturated heterocycles. The van der Waals surface area contributed by atoms with Crippen molar-refractivity contribution in [2.45, 2.75) is 25.7 Å². The number of hydrogen-bond donors (Lipinski definition) is 0. The zero-order valence-corrected chi connectivity index (χ0v) is 14.4. The van der Waals surface area contributed by atoms with Crippen LogP contribution in [-0.4, -0.2) is 24.7 Å². The molecule has 0 bridgehead atoms. The topological polar surface area (TPSA) is 56.5 Å². The lowest BCUT2D eigenvalue weighted by Gasteiger charge is -2.17. The maximum Gasteiger partial charge on any atom is 0.250 e. The number of aliphatic imine (C=N–C) groups is 1. The second-order valence-electron chi connectivity index (χ2n) is 6.20. The van der Waals surface area contributed by atoms with Gasteiger partial charge in [-0.15, -0.1) is 11.3 Å². The molecule has 6 heteroatoms. The summed E-state index contributed by atoms with van der Waals surface area (Å²) in [6.45, 7) is 0.0298. The monoisotopic (exact) mass is 353 g/mol. The molecule has 1 aromatic heterocycles. The standard InChI is InChI=1S/C19H16FN3OS/c20-13-7-5-12(6-8-13)18-17-14-3-1-2-4-15(14)25-19(17)23(10-9-21)16(24)11-22-18/h5-8H,1-4,10-11H2. The van der Waals surface area contributed by atoms with Gasteiger partial charge in [-0.1, -0.05) is 0 Å². The van der Waals surface area contributed by atoms with Crippen LogP contribution in [0.15, 0.2) is 29.3 Å². The fraction of sp³-hybridized carbons (Fsp3) is 0.316. The van der Waals surface area contributed by atoms with E-state index in [1.165, 1.54) is 22.6 Å². The van der Waals surface area contributed by atoms with Gasteiger partial charge >= 0.3 is 0 Å². The first-order valence-corrected chi connectivity index (χ1v) is 9.13. The molecule has 0 atom stereocenters. The third-order valence-corrected chi connectivity index (χ3v) is 5.97. The third kappa shape index (κ3) is 2.75. The Morgan fingerprint density at radius 3 is 2.76 bits per heavy atom. The Balaban J connectivity index is 1.93. The van der Waals surface area contributed by atoms with E-state index in [1.54, 1.807) is 28.4 Å². The number of carbonyl (C=O) groups is 1. The largest absolute Gasteiger partial charge is 0.288 e. The predicted octanol–water partition coefficient (Wildman–Crippen LogP) is 3.47. The molecule has 4 nitrogen and oxygen atoms in total. The summed E-state index contributed by atoms with van der Waals surface area (Å²) in [6, 6.07) is 8.32. The average molecular weight is 353 g/mol. The van der Waals surface area contributed by atoms with Crippen LogP contribution in [0.4, 0.5) is 9.39 Å². The zero-order chi connectivity index (χ0) is 17.4. The molecule has 1 aliphatic heterocycles. The fourth-order valence-electron chi connectivity index (χ4n) is 3.48. The molecule has 0 saturated carbocycles.